The summed E-state index contributed by atoms with van der Waals surface area (Å²) < 4.78 is 0. The van der Waals surface area contributed by atoms with Crippen LogP contribution in [-0.2, 0) is 0 Å². The molecular formula is C13H9ClN2O3S. The minimum absolute atomic E-state index is 0.0760. The molecular weight excluding hydrogens is 300 g/mol. The van der Waals surface area contributed by atoms with Crippen LogP contribution in [0.2, 0.25) is 5.02 Å². The summed E-state index contributed by atoms with van der Waals surface area (Å²) in [5.74, 6) is -0.355. The van der Waals surface area contributed by atoms with E-state index in [0.717, 1.165) is 0 Å². The Morgan fingerprint density at radius 2 is 2.15 bits per heavy atom. The predicted molar refractivity (Wildman–Crippen MR) is 76.5 cm³/mol. The third-order valence-electron chi connectivity index (χ3n) is 2.48. The van der Waals surface area contributed by atoms with Crippen LogP contribution in [0.4, 0.5) is 5.69 Å². The normalized spacial score (nSPS) is 10.3. The summed E-state index contributed by atoms with van der Waals surface area (Å²) in [6.07, 6.45) is 1.60. The molecule has 0 atom stereocenters. The van der Waals surface area contributed by atoms with E-state index in [-0.39, 0.29) is 17.0 Å². The van der Waals surface area contributed by atoms with Crippen molar-refractivity contribution < 1.29 is 9.72 Å². The molecule has 0 aliphatic heterocycles. The second-order valence-electron chi connectivity index (χ2n) is 3.88. The summed E-state index contributed by atoms with van der Waals surface area (Å²) in [4.78, 5) is 26.6. The number of aromatic nitrogens is 1. The Morgan fingerprint density at radius 3 is 2.75 bits per heavy atom. The molecule has 0 saturated carbocycles. The zero-order chi connectivity index (χ0) is 14.7. The van der Waals surface area contributed by atoms with Crippen molar-refractivity contribution in [1.29, 1.82) is 0 Å². The van der Waals surface area contributed by atoms with Crippen LogP contribution in [0.15, 0.2) is 46.5 Å². The summed E-state index contributed by atoms with van der Waals surface area (Å²) in [5.41, 5.74) is -0.124. The third-order valence-corrected chi connectivity index (χ3v) is 3.91. The number of rotatable bonds is 4. The van der Waals surface area contributed by atoms with E-state index in [9.17, 15) is 14.9 Å². The number of pyridine rings is 1. The van der Waals surface area contributed by atoms with Crippen LogP contribution in [0.5, 0.6) is 0 Å². The molecule has 0 saturated heterocycles. The van der Waals surface area contributed by atoms with Crippen LogP contribution in [0.1, 0.15) is 17.3 Å². The molecule has 7 heteroatoms. The Balaban J connectivity index is 2.40. The maximum absolute atomic E-state index is 11.5. The van der Waals surface area contributed by atoms with Crippen LogP contribution in [0.3, 0.4) is 0 Å². The summed E-state index contributed by atoms with van der Waals surface area (Å²) in [5, 5.41) is 11.9. The number of ketones is 1. The Morgan fingerprint density at radius 1 is 1.40 bits per heavy atom. The van der Waals surface area contributed by atoms with Gasteiger partial charge in [-0.25, -0.2) is 4.98 Å². The quantitative estimate of drug-likeness (QED) is 0.485. The first-order valence-electron chi connectivity index (χ1n) is 5.57. The number of nitrogens with zero attached hydrogens (tertiary/aromatic N) is 2. The molecule has 0 spiro atoms. The number of hydrogen-bond acceptors (Lipinski definition) is 5. The highest BCUT2D eigenvalue weighted by Gasteiger charge is 2.18. The molecule has 0 radical (unpaired) electrons. The Bertz CT molecular complexity index is 691. The average Bonchev–Trinajstić information content (AvgIpc) is 2.41. The molecule has 2 aromatic rings. The summed E-state index contributed by atoms with van der Waals surface area (Å²) >= 11 is 7.25. The summed E-state index contributed by atoms with van der Waals surface area (Å²) in [7, 11) is 0. The van der Waals surface area contributed by atoms with Gasteiger partial charge in [-0.3, -0.25) is 14.9 Å². The summed E-state index contributed by atoms with van der Waals surface area (Å²) in [6, 6.07) is 7.78. The highest BCUT2D eigenvalue weighted by atomic mass is 35.5. The first-order valence-corrected chi connectivity index (χ1v) is 6.76. The molecule has 0 bridgehead atoms. The molecule has 0 unspecified atom stereocenters. The van der Waals surface area contributed by atoms with Crippen molar-refractivity contribution >= 4 is 34.8 Å². The lowest BCUT2D eigenvalue weighted by Gasteiger charge is -2.05. The van der Waals surface area contributed by atoms with Crippen molar-refractivity contribution in [2.75, 3.05) is 0 Å². The standard InChI is InChI=1S/C13H9ClN2O3S/c1-8(17)10-7-9(4-5-12(10)16(18)19)20-13-11(14)3-2-6-15-13/h2-7H,1H3. The van der Waals surface area contributed by atoms with E-state index in [2.05, 4.69) is 4.98 Å². The molecule has 0 aliphatic carbocycles. The molecule has 1 aromatic heterocycles. The van der Waals surface area contributed by atoms with E-state index in [1.54, 1.807) is 24.4 Å². The fourth-order valence-electron chi connectivity index (χ4n) is 1.58. The topological polar surface area (TPSA) is 73.1 Å². The molecule has 0 N–H and O–H groups in total. The van der Waals surface area contributed by atoms with Crippen LogP contribution in [-0.4, -0.2) is 15.7 Å². The van der Waals surface area contributed by atoms with E-state index in [4.69, 9.17) is 11.6 Å². The van der Waals surface area contributed by atoms with Gasteiger partial charge in [-0.15, -0.1) is 0 Å². The van der Waals surface area contributed by atoms with Crippen LogP contribution in [0, 0.1) is 10.1 Å². The first-order chi connectivity index (χ1) is 9.49. The maximum Gasteiger partial charge on any atom is 0.280 e. The largest absolute Gasteiger partial charge is 0.294 e. The monoisotopic (exact) mass is 308 g/mol. The molecule has 2 rings (SSSR count). The molecule has 102 valence electrons. The zero-order valence-corrected chi connectivity index (χ0v) is 11.9. The number of nitro benzene ring substituents is 1. The van der Waals surface area contributed by atoms with Crippen LogP contribution in [0.25, 0.3) is 0 Å². The number of halogens is 1. The number of carbonyl (C=O) groups is 1. The molecule has 1 heterocycles. The Hall–Kier alpha value is -1.92. The van der Waals surface area contributed by atoms with Crippen molar-refractivity contribution in [3.8, 4) is 0 Å². The number of nitro groups is 1. The van der Waals surface area contributed by atoms with Crippen molar-refractivity contribution in [2.24, 2.45) is 0 Å². The van der Waals surface area contributed by atoms with Crippen LogP contribution < -0.4 is 0 Å². The Labute approximate surface area is 124 Å². The van der Waals surface area contributed by atoms with E-state index < -0.39 is 4.92 Å². The summed E-state index contributed by atoms with van der Waals surface area (Å²) in [6.45, 7) is 1.30. The SMILES string of the molecule is CC(=O)c1cc(Sc2ncccc2Cl)ccc1[N+](=O)[O-]. The average molecular weight is 309 g/mol. The lowest BCUT2D eigenvalue weighted by atomic mass is 10.1. The van der Waals surface area contributed by atoms with Gasteiger partial charge in [0.05, 0.1) is 15.5 Å². The van der Waals surface area contributed by atoms with Gasteiger partial charge < -0.3 is 0 Å². The smallest absolute Gasteiger partial charge is 0.280 e. The highest BCUT2D eigenvalue weighted by Crippen LogP contribution is 2.33. The van der Waals surface area contributed by atoms with Crippen molar-refractivity contribution in [2.45, 2.75) is 16.8 Å². The van der Waals surface area contributed by atoms with E-state index >= 15 is 0 Å². The molecule has 0 aliphatic rings. The molecule has 0 fully saturated rings. The van der Waals surface area contributed by atoms with Gasteiger partial charge in [-0.2, -0.15) is 0 Å². The lowest BCUT2D eigenvalue weighted by molar-refractivity contribution is -0.385. The van der Waals surface area contributed by atoms with E-state index in [1.807, 2.05) is 0 Å². The second-order valence-corrected chi connectivity index (χ2v) is 5.35. The minimum Gasteiger partial charge on any atom is -0.294 e. The fraction of sp³-hybridized carbons (Fsp3) is 0.0769. The molecule has 20 heavy (non-hydrogen) atoms. The van der Waals surface area contributed by atoms with Gasteiger partial charge in [0.15, 0.2) is 5.78 Å². The number of carbonyl (C=O) groups excluding carboxylic acids is 1. The highest BCUT2D eigenvalue weighted by molar-refractivity contribution is 7.99. The van der Waals surface area contributed by atoms with Gasteiger partial charge in [0, 0.05) is 17.2 Å². The molecule has 0 amide bonds. The van der Waals surface area contributed by atoms with Gasteiger partial charge in [-0.05, 0) is 31.2 Å². The van der Waals surface area contributed by atoms with Gasteiger partial charge in [-0.1, -0.05) is 23.4 Å². The van der Waals surface area contributed by atoms with Crippen molar-refractivity contribution in [1.82, 2.24) is 4.98 Å². The predicted octanol–water partition coefficient (Wildman–Crippen LogP) is 4.00. The third kappa shape index (κ3) is 3.15. The maximum atomic E-state index is 11.5. The van der Waals surface area contributed by atoms with Crippen molar-refractivity contribution in [3.63, 3.8) is 0 Å². The first kappa shape index (κ1) is 14.5. The van der Waals surface area contributed by atoms with Gasteiger partial charge >= 0.3 is 0 Å². The Kier molecular flexibility index (Phi) is 4.36. The van der Waals surface area contributed by atoms with Crippen molar-refractivity contribution in [3.05, 3.63) is 57.2 Å². The lowest BCUT2D eigenvalue weighted by Crippen LogP contribution is -2.00. The fourth-order valence-corrected chi connectivity index (χ4v) is 2.63. The van der Waals surface area contributed by atoms with Gasteiger partial charge in [0.1, 0.15) is 5.03 Å². The number of hydrogen-bond donors (Lipinski definition) is 0. The van der Waals surface area contributed by atoms with E-state index in [0.29, 0.717) is 14.9 Å². The molecule has 5 nitrogen and oxygen atoms in total. The number of benzene rings is 1. The molecule has 1 aromatic carbocycles. The second kappa shape index (κ2) is 6.02. The van der Waals surface area contributed by atoms with E-state index in [1.165, 1.54) is 30.8 Å². The number of Topliss-reactive ketones (excluding diaryl/α,β-unsaturated/α-hetero) is 1. The van der Waals surface area contributed by atoms with Crippen LogP contribution >= 0.6 is 23.4 Å². The van der Waals surface area contributed by atoms with Gasteiger partial charge in [0.25, 0.3) is 5.69 Å². The minimum atomic E-state index is -0.571. The zero-order valence-electron chi connectivity index (χ0n) is 10.4. The van der Waals surface area contributed by atoms with Gasteiger partial charge in [0.2, 0.25) is 0 Å².